The standard InChI is InChI=1S/C23H16F3N5O3S/c24-23(25,26)15-8-6-14(7-9-15)22(10-11-22)19-17(12-27)20-28-13-18(21(32)31(20)29-19)30-35(33,34)16-4-2-1-3-5-16/h1-9,13,28,30H,10-11H2. The SMILES string of the molecule is N#Cc1c(C2(c3ccc(C(F)(F)F)cc3)CC2)nn2c(=O)c(NS(=O)(=O)c3ccccc3)c[nH]c12. The highest BCUT2D eigenvalue weighted by molar-refractivity contribution is 7.92. The highest BCUT2D eigenvalue weighted by Crippen LogP contribution is 2.54. The van der Waals surface area contributed by atoms with E-state index in [9.17, 15) is 31.6 Å². The third-order valence-corrected chi connectivity index (χ3v) is 7.42. The Kier molecular flexibility index (Phi) is 4.99. The zero-order valence-corrected chi connectivity index (χ0v) is 18.6. The van der Waals surface area contributed by atoms with Crippen LogP contribution in [0.2, 0.25) is 0 Å². The first-order valence-electron chi connectivity index (χ1n) is 10.4. The maximum atomic E-state index is 13.1. The van der Waals surface area contributed by atoms with Crippen molar-refractivity contribution in [3.05, 3.63) is 93.5 Å². The van der Waals surface area contributed by atoms with E-state index < -0.39 is 32.7 Å². The van der Waals surface area contributed by atoms with Crippen molar-refractivity contribution in [1.82, 2.24) is 14.6 Å². The van der Waals surface area contributed by atoms with Gasteiger partial charge in [0.05, 0.1) is 16.2 Å². The van der Waals surface area contributed by atoms with Crippen molar-refractivity contribution in [3.63, 3.8) is 0 Å². The molecule has 2 aromatic carbocycles. The fourth-order valence-electron chi connectivity index (χ4n) is 4.10. The van der Waals surface area contributed by atoms with Crippen LogP contribution < -0.4 is 10.3 Å². The Bertz CT molecular complexity index is 1650. The molecule has 2 N–H and O–H groups in total. The van der Waals surface area contributed by atoms with Gasteiger partial charge in [-0.25, -0.2) is 8.42 Å². The molecule has 12 heteroatoms. The van der Waals surface area contributed by atoms with Gasteiger partial charge in [0, 0.05) is 11.6 Å². The molecular weight excluding hydrogens is 483 g/mol. The van der Waals surface area contributed by atoms with Crippen LogP contribution in [0.15, 0.2) is 70.5 Å². The summed E-state index contributed by atoms with van der Waals surface area (Å²) < 4.78 is 67.3. The highest BCUT2D eigenvalue weighted by Gasteiger charge is 2.50. The number of H-pyrrole nitrogens is 1. The summed E-state index contributed by atoms with van der Waals surface area (Å²) in [5.41, 5.74) is -1.79. The second kappa shape index (κ2) is 7.71. The molecule has 35 heavy (non-hydrogen) atoms. The lowest BCUT2D eigenvalue weighted by Gasteiger charge is -2.15. The van der Waals surface area contributed by atoms with E-state index in [1.165, 1.54) is 36.4 Å². The maximum absolute atomic E-state index is 13.1. The molecule has 0 atom stereocenters. The van der Waals surface area contributed by atoms with Gasteiger partial charge >= 0.3 is 6.18 Å². The van der Waals surface area contributed by atoms with Crippen LogP contribution in [0.4, 0.5) is 18.9 Å². The van der Waals surface area contributed by atoms with Gasteiger partial charge in [-0.1, -0.05) is 30.3 Å². The predicted octanol–water partition coefficient (Wildman–Crippen LogP) is 3.79. The molecule has 1 aliphatic rings. The number of nitriles is 1. The van der Waals surface area contributed by atoms with Crippen LogP contribution in [0.25, 0.3) is 5.65 Å². The highest BCUT2D eigenvalue weighted by atomic mass is 32.2. The van der Waals surface area contributed by atoms with Gasteiger partial charge in [0.25, 0.3) is 15.6 Å². The third kappa shape index (κ3) is 3.74. The number of nitrogens with zero attached hydrogens (tertiary/aromatic N) is 3. The predicted molar refractivity (Wildman–Crippen MR) is 119 cm³/mol. The number of halogens is 3. The smallest absolute Gasteiger partial charge is 0.343 e. The Morgan fingerprint density at radius 2 is 1.74 bits per heavy atom. The summed E-state index contributed by atoms with van der Waals surface area (Å²) in [5.74, 6) is 0. The zero-order chi connectivity index (χ0) is 25.0. The molecule has 8 nitrogen and oxygen atoms in total. The zero-order valence-electron chi connectivity index (χ0n) is 17.8. The summed E-state index contributed by atoms with van der Waals surface area (Å²) in [5, 5.41) is 14.1. The minimum absolute atomic E-state index is 0.0439. The minimum atomic E-state index is -4.48. The monoisotopic (exact) mass is 499 g/mol. The Labute approximate surface area is 196 Å². The summed E-state index contributed by atoms with van der Waals surface area (Å²) in [6.07, 6.45) is -2.29. The van der Waals surface area contributed by atoms with Gasteiger partial charge in [-0.3, -0.25) is 9.52 Å². The summed E-state index contributed by atoms with van der Waals surface area (Å²) in [6, 6.07) is 14.1. The topological polar surface area (TPSA) is 120 Å². The van der Waals surface area contributed by atoms with E-state index in [0.717, 1.165) is 22.8 Å². The summed E-state index contributed by atoms with van der Waals surface area (Å²) in [4.78, 5) is 15.8. The van der Waals surface area contributed by atoms with E-state index >= 15 is 0 Å². The molecule has 1 aliphatic carbocycles. The van der Waals surface area contributed by atoms with Crippen molar-refractivity contribution in [2.24, 2.45) is 0 Å². The number of alkyl halides is 3. The molecule has 4 aromatic rings. The quantitative estimate of drug-likeness (QED) is 0.433. The van der Waals surface area contributed by atoms with Crippen LogP contribution in [-0.2, 0) is 21.6 Å². The number of hydrogen-bond acceptors (Lipinski definition) is 5. The number of rotatable bonds is 5. The van der Waals surface area contributed by atoms with E-state index in [0.29, 0.717) is 18.4 Å². The van der Waals surface area contributed by atoms with Gasteiger partial charge in [-0.15, -0.1) is 0 Å². The molecule has 0 bridgehead atoms. The molecule has 2 heterocycles. The Morgan fingerprint density at radius 3 is 2.31 bits per heavy atom. The average Bonchev–Trinajstić information content (AvgIpc) is 3.55. The molecule has 0 saturated heterocycles. The molecule has 0 spiro atoms. The fourth-order valence-corrected chi connectivity index (χ4v) is 5.17. The molecule has 0 aliphatic heterocycles. The molecule has 0 radical (unpaired) electrons. The molecule has 1 fully saturated rings. The van der Waals surface area contributed by atoms with Crippen molar-refractivity contribution < 1.29 is 21.6 Å². The molecule has 178 valence electrons. The third-order valence-electron chi connectivity index (χ3n) is 6.04. The Hall–Kier alpha value is -4.11. The number of aromatic nitrogens is 3. The molecule has 0 unspecified atom stereocenters. The number of aromatic amines is 1. The summed E-state index contributed by atoms with van der Waals surface area (Å²) in [7, 11) is -4.06. The van der Waals surface area contributed by atoms with Crippen molar-refractivity contribution in [2.45, 2.75) is 29.3 Å². The fraction of sp³-hybridized carbons (Fsp3) is 0.174. The van der Waals surface area contributed by atoms with Crippen molar-refractivity contribution in [1.29, 1.82) is 5.26 Å². The van der Waals surface area contributed by atoms with Crippen molar-refractivity contribution in [3.8, 4) is 6.07 Å². The second-order valence-electron chi connectivity index (χ2n) is 8.18. The summed E-state index contributed by atoms with van der Waals surface area (Å²) >= 11 is 0. The van der Waals surface area contributed by atoms with E-state index in [4.69, 9.17) is 0 Å². The van der Waals surface area contributed by atoms with Gasteiger partial charge in [0.2, 0.25) is 0 Å². The molecule has 5 rings (SSSR count). The Morgan fingerprint density at radius 1 is 1.09 bits per heavy atom. The van der Waals surface area contributed by atoms with Crippen LogP contribution in [0.5, 0.6) is 0 Å². The lowest BCUT2D eigenvalue weighted by Crippen LogP contribution is -2.24. The van der Waals surface area contributed by atoms with E-state index in [1.54, 1.807) is 6.07 Å². The van der Waals surface area contributed by atoms with Gasteiger partial charge in [0.15, 0.2) is 5.65 Å². The van der Waals surface area contributed by atoms with Crippen LogP contribution in [0, 0.1) is 11.3 Å². The largest absolute Gasteiger partial charge is 0.416 e. The van der Waals surface area contributed by atoms with Crippen LogP contribution in [0.3, 0.4) is 0 Å². The maximum Gasteiger partial charge on any atom is 0.416 e. The van der Waals surface area contributed by atoms with E-state index in [-0.39, 0.29) is 27.5 Å². The first kappa shape index (κ1) is 22.7. The molecule has 2 aromatic heterocycles. The van der Waals surface area contributed by atoms with Crippen LogP contribution in [0.1, 0.15) is 35.2 Å². The van der Waals surface area contributed by atoms with Crippen LogP contribution in [-0.4, -0.2) is 23.0 Å². The normalized spacial score (nSPS) is 15.0. The number of benzene rings is 2. The number of fused-ring (bicyclic) bond motifs is 1. The van der Waals surface area contributed by atoms with E-state index in [2.05, 4.69) is 14.8 Å². The number of sulfonamides is 1. The molecular formula is C23H16F3N5O3S. The minimum Gasteiger partial charge on any atom is -0.343 e. The van der Waals surface area contributed by atoms with Crippen molar-refractivity contribution in [2.75, 3.05) is 4.72 Å². The molecule has 0 amide bonds. The second-order valence-corrected chi connectivity index (χ2v) is 9.86. The first-order valence-corrected chi connectivity index (χ1v) is 11.9. The Balaban J connectivity index is 1.58. The van der Waals surface area contributed by atoms with E-state index in [1.807, 2.05) is 6.07 Å². The lowest BCUT2D eigenvalue weighted by atomic mass is 9.89. The first-order chi connectivity index (χ1) is 16.6. The number of hydrogen-bond donors (Lipinski definition) is 2. The van der Waals surface area contributed by atoms with Gasteiger partial charge in [-0.05, 0) is 42.7 Å². The van der Waals surface area contributed by atoms with Gasteiger partial charge < -0.3 is 4.98 Å². The number of nitrogens with one attached hydrogen (secondary N) is 2. The van der Waals surface area contributed by atoms with Gasteiger partial charge in [0.1, 0.15) is 17.3 Å². The van der Waals surface area contributed by atoms with Gasteiger partial charge in [-0.2, -0.15) is 28.0 Å². The average molecular weight is 499 g/mol. The lowest BCUT2D eigenvalue weighted by molar-refractivity contribution is -0.137. The molecule has 1 saturated carbocycles. The van der Waals surface area contributed by atoms with Crippen LogP contribution >= 0.6 is 0 Å². The summed E-state index contributed by atoms with van der Waals surface area (Å²) in [6.45, 7) is 0. The number of anilines is 1. The van der Waals surface area contributed by atoms with Crippen molar-refractivity contribution >= 4 is 21.4 Å².